The fourth-order valence-electron chi connectivity index (χ4n) is 8.32. The topological polar surface area (TPSA) is 147 Å². The van der Waals surface area contributed by atoms with E-state index in [9.17, 15) is 9.13 Å². The van der Waals surface area contributed by atoms with Crippen molar-refractivity contribution in [2.75, 3.05) is 10.2 Å². The van der Waals surface area contributed by atoms with Gasteiger partial charge >= 0.3 is 15.5 Å². The van der Waals surface area contributed by atoms with Crippen molar-refractivity contribution < 1.29 is 36.3 Å². The van der Waals surface area contributed by atoms with E-state index in [1.54, 1.807) is 0 Å². The molecule has 0 saturated heterocycles. The number of nitrogens with zero attached hydrogens (tertiary/aromatic N) is 2. The van der Waals surface area contributed by atoms with Crippen molar-refractivity contribution in [2.45, 2.75) is 166 Å². The Balaban J connectivity index is 0.000000254. The molecule has 0 fully saturated rings. The molecule has 14 heteroatoms. The molecule has 0 aliphatic heterocycles. The molecule has 0 saturated carbocycles. The van der Waals surface area contributed by atoms with Gasteiger partial charge in [-0.15, -0.1) is 0 Å². The van der Waals surface area contributed by atoms with E-state index in [4.69, 9.17) is 27.1 Å². The minimum atomic E-state index is -4.00. The number of benzene rings is 4. The van der Waals surface area contributed by atoms with Crippen molar-refractivity contribution in [3.05, 3.63) is 134 Å². The fourth-order valence-corrected chi connectivity index (χ4v) is 11.6. The molecule has 2 aromatic heterocycles. The van der Waals surface area contributed by atoms with E-state index in [1.807, 2.05) is 111 Å². The average molecular weight is 969 g/mol. The molecule has 0 spiro atoms. The Morgan fingerprint density at radius 1 is 0.309 bits per heavy atom. The van der Waals surface area contributed by atoms with Crippen molar-refractivity contribution in [1.82, 2.24) is 10.3 Å². The molecule has 0 radical (unpaired) electrons. The maximum atomic E-state index is 14.5. The third-order valence-electron chi connectivity index (χ3n) is 15.4. The zero-order chi connectivity index (χ0) is 51.4. The number of hydrogen-bond donors (Lipinski definition) is 2. The van der Waals surface area contributed by atoms with E-state index in [2.05, 4.69) is 75.9 Å². The van der Waals surface area contributed by atoms with E-state index in [-0.39, 0.29) is 5.88 Å². The van der Waals surface area contributed by atoms with Crippen LogP contribution in [0.1, 0.15) is 134 Å². The first-order valence-electron chi connectivity index (χ1n) is 23.1. The van der Waals surface area contributed by atoms with Crippen molar-refractivity contribution >= 4 is 27.2 Å². The monoisotopic (exact) mass is 968 g/mol. The normalized spacial score (nSPS) is 11.6. The SMILES string of the molecule is Cc1noc(NP(=O)(Oc2c(C)c(C)c(C)c(C)c2C)Oc2c(C)c(C)c(C)c(C)c2C)c1C.Cc1onc(NP(=O)(Oc2c(C)c(C)c(C)c(C)c2C)Oc2c(C)c(C)c(C)c(C)c2C)c1C. The smallest absolute Gasteiger partial charge is 0.400 e. The highest BCUT2D eigenvalue weighted by atomic mass is 31.2. The third kappa shape index (κ3) is 10.0. The Kier molecular flexibility index (Phi) is 15.6. The maximum absolute atomic E-state index is 14.5. The lowest BCUT2D eigenvalue weighted by molar-refractivity contribution is 0.380. The van der Waals surface area contributed by atoms with Gasteiger partial charge in [0.2, 0.25) is 5.88 Å². The molecule has 68 heavy (non-hydrogen) atoms. The molecular formula is C54H74N4O8P2. The average Bonchev–Trinajstić information content (AvgIpc) is 3.79. The van der Waals surface area contributed by atoms with Crippen LogP contribution in [-0.4, -0.2) is 10.3 Å². The number of aromatic nitrogens is 2. The first kappa shape index (κ1) is 53.5. The van der Waals surface area contributed by atoms with Crippen LogP contribution in [0.5, 0.6) is 23.0 Å². The van der Waals surface area contributed by atoms with E-state index >= 15 is 0 Å². The van der Waals surface area contributed by atoms with Crippen LogP contribution < -0.4 is 28.3 Å². The van der Waals surface area contributed by atoms with Gasteiger partial charge in [-0.25, -0.2) is 14.2 Å². The van der Waals surface area contributed by atoms with Gasteiger partial charge in [-0.1, -0.05) is 10.3 Å². The highest BCUT2D eigenvalue weighted by molar-refractivity contribution is 7.56. The molecular weight excluding hydrogens is 895 g/mol. The molecule has 0 atom stereocenters. The largest absolute Gasteiger partial charge is 0.544 e. The van der Waals surface area contributed by atoms with Gasteiger partial charge in [-0.3, -0.25) is 5.09 Å². The number of hydrogen-bond acceptors (Lipinski definition) is 10. The Hall–Kier alpha value is -5.44. The molecule has 368 valence electrons. The first-order chi connectivity index (χ1) is 31.4. The molecule has 4 aromatic carbocycles. The summed E-state index contributed by atoms with van der Waals surface area (Å²) in [5.74, 6) is 3.48. The second-order valence-corrected chi connectivity index (χ2v) is 22.0. The van der Waals surface area contributed by atoms with Crippen LogP contribution in [0.2, 0.25) is 0 Å². The molecule has 12 nitrogen and oxygen atoms in total. The number of nitrogens with one attached hydrogen (secondary N) is 2. The Morgan fingerprint density at radius 3 is 0.779 bits per heavy atom. The summed E-state index contributed by atoms with van der Waals surface area (Å²) in [6.45, 7) is 48.0. The molecule has 2 N–H and O–H groups in total. The van der Waals surface area contributed by atoms with Gasteiger partial charge in [0.25, 0.3) is 0 Å². The predicted molar refractivity (Wildman–Crippen MR) is 277 cm³/mol. The second kappa shape index (κ2) is 19.9. The van der Waals surface area contributed by atoms with Gasteiger partial charge in [-0.2, -0.15) is 0 Å². The third-order valence-corrected chi connectivity index (χ3v) is 18.0. The number of aryl methyl sites for hydroxylation is 2. The minimum Gasteiger partial charge on any atom is -0.400 e. The molecule has 0 aliphatic rings. The summed E-state index contributed by atoms with van der Waals surface area (Å²) >= 11 is 0. The van der Waals surface area contributed by atoms with Crippen LogP contribution >= 0.6 is 15.5 Å². The van der Waals surface area contributed by atoms with E-state index in [0.717, 1.165) is 100 Å². The quantitative estimate of drug-likeness (QED) is 0.113. The van der Waals surface area contributed by atoms with Crippen LogP contribution in [0.4, 0.5) is 11.7 Å². The van der Waals surface area contributed by atoms with E-state index < -0.39 is 15.5 Å². The van der Waals surface area contributed by atoms with Crippen LogP contribution in [0.15, 0.2) is 9.05 Å². The molecule has 0 bridgehead atoms. The highest BCUT2D eigenvalue weighted by Gasteiger charge is 2.37. The fraction of sp³-hybridized carbons (Fsp3) is 0.444. The number of rotatable bonds is 12. The Bertz CT molecular complexity index is 2610. The number of anilines is 2. The molecule has 0 aliphatic carbocycles. The lowest BCUT2D eigenvalue weighted by Gasteiger charge is -2.27. The van der Waals surface area contributed by atoms with E-state index in [0.29, 0.717) is 40.3 Å². The Labute approximate surface area is 405 Å². The van der Waals surface area contributed by atoms with Crippen LogP contribution in [0, 0.1) is 166 Å². The van der Waals surface area contributed by atoms with E-state index in [1.165, 1.54) is 22.3 Å². The molecule has 2 heterocycles. The van der Waals surface area contributed by atoms with Gasteiger partial charge in [0.1, 0.15) is 28.8 Å². The predicted octanol–water partition coefficient (Wildman–Crippen LogP) is 16.1. The molecule has 0 unspecified atom stereocenters. The summed E-state index contributed by atoms with van der Waals surface area (Å²) in [4.78, 5) is 0. The lowest BCUT2D eigenvalue weighted by atomic mass is 9.94. The van der Waals surface area contributed by atoms with Crippen molar-refractivity contribution in [2.24, 2.45) is 0 Å². The van der Waals surface area contributed by atoms with Crippen LogP contribution in [0.25, 0.3) is 0 Å². The summed E-state index contributed by atoms with van der Waals surface area (Å²) in [6.07, 6.45) is 0. The summed E-state index contributed by atoms with van der Waals surface area (Å²) in [5.41, 5.74) is 23.3. The lowest BCUT2D eigenvalue weighted by Crippen LogP contribution is -2.14. The second-order valence-electron chi connectivity index (χ2n) is 18.8. The zero-order valence-electron chi connectivity index (χ0n) is 45.1. The summed E-state index contributed by atoms with van der Waals surface area (Å²) in [7, 11) is -7.99. The standard InChI is InChI=1S/2C27H37N2O4P/c1-13-15(3)19(7)25(20(8)16(13)4)32-34(30,29-27-23(11)24(12)31-28-27)33-26-21(9)17(5)14(2)18(6)22(26)10;1-13-15(3)19(7)25(20(8)16(13)4)32-34(30,29-27-23(11)24(12)28-31-27)33-26-21(9)17(5)14(2)18(6)22(26)10/h1-12H3,(H,28,29,30);1-12H3,(H,29,30). The minimum absolute atomic E-state index is 0.271. The van der Waals surface area contributed by atoms with Gasteiger partial charge in [-0.05, 0) is 277 Å². The summed E-state index contributed by atoms with van der Waals surface area (Å²) in [6, 6.07) is 0. The summed E-state index contributed by atoms with van der Waals surface area (Å²) < 4.78 is 64.9. The highest BCUT2D eigenvalue weighted by Crippen LogP contribution is 2.55. The van der Waals surface area contributed by atoms with Crippen LogP contribution in [-0.2, 0) is 9.13 Å². The van der Waals surface area contributed by atoms with Gasteiger partial charge in [0.15, 0.2) is 5.82 Å². The van der Waals surface area contributed by atoms with Crippen molar-refractivity contribution in [3.8, 4) is 23.0 Å². The van der Waals surface area contributed by atoms with Gasteiger partial charge in [0, 0.05) is 11.1 Å². The van der Waals surface area contributed by atoms with Gasteiger partial charge in [0.05, 0.1) is 5.69 Å². The summed E-state index contributed by atoms with van der Waals surface area (Å²) in [5, 5.41) is 14.0. The van der Waals surface area contributed by atoms with Gasteiger partial charge < -0.3 is 27.1 Å². The maximum Gasteiger partial charge on any atom is 0.544 e. The molecule has 6 aromatic rings. The van der Waals surface area contributed by atoms with Crippen LogP contribution in [0.3, 0.4) is 0 Å². The zero-order valence-corrected chi connectivity index (χ0v) is 46.8. The molecule has 0 amide bonds. The van der Waals surface area contributed by atoms with Crippen molar-refractivity contribution in [3.63, 3.8) is 0 Å². The molecule has 6 rings (SSSR count). The van der Waals surface area contributed by atoms with Crippen molar-refractivity contribution in [1.29, 1.82) is 0 Å². The first-order valence-corrected chi connectivity index (χ1v) is 26.2. The Morgan fingerprint density at radius 2 is 0.559 bits per heavy atom.